The third kappa shape index (κ3) is 3.55. The molecule has 0 aliphatic heterocycles. The van der Waals surface area contributed by atoms with Gasteiger partial charge >= 0.3 is 0 Å². The maximum atomic E-state index is 11.4. The molecule has 0 aromatic heterocycles. The van der Waals surface area contributed by atoms with Crippen LogP contribution in [-0.2, 0) is 11.3 Å². The van der Waals surface area contributed by atoms with Crippen molar-refractivity contribution in [1.82, 2.24) is 10.6 Å². The lowest BCUT2D eigenvalue weighted by molar-refractivity contribution is -0.122. The van der Waals surface area contributed by atoms with Crippen LogP contribution in [0.3, 0.4) is 0 Å². The lowest BCUT2D eigenvalue weighted by Gasteiger charge is -2.14. The highest BCUT2D eigenvalue weighted by Gasteiger charge is 2.10. The maximum Gasteiger partial charge on any atom is 0.236 e. The molecule has 4 nitrogen and oxygen atoms in total. The fourth-order valence-electron chi connectivity index (χ4n) is 1.38. The van der Waals surface area contributed by atoms with E-state index in [0.717, 1.165) is 11.3 Å². The van der Waals surface area contributed by atoms with Crippen LogP contribution in [0.4, 0.5) is 5.69 Å². The van der Waals surface area contributed by atoms with E-state index in [2.05, 4.69) is 10.6 Å². The van der Waals surface area contributed by atoms with Crippen LogP contribution in [-0.4, -0.2) is 18.5 Å². The molecule has 0 aliphatic rings. The lowest BCUT2D eigenvalue weighted by atomic mass is 10.1. The predicted octanol–water partition coefficient (Wildman–Crippen LogP) is 0.883. The second-order valence-corrected chi connectivity index (χ2v) is 3.70. The summed E-state index contributed by atoms with van der Waals surface area (Å²) in [5.74, 6) is 0.0111. The van der Waals surface area contributed by atoms with E-state index in [1.807, 2.05) is 38.1 Å². The summed E-state index contributed by atoms with van der Waals surface area (Å²) in [5, 5.41) is 5.90. The Hall–Kier alpha value is -1.55. The largest absolute Gasteiger partial charge is 0.398 e. The SMILES string of the molecule is CCNC(=O)C(C)NCc1ccccc1N. The molecule has 0 fully saturated rings. The molecule has 1 aromatic rings. The van der Waals surface area contributed by atoms with Gasteiger partial charge in [0.1, 0.15) is 0 Å². The molecular formula is C12H19N3O. The van der Waals surface area contributed by atoms with Gasteiger partial charge in [-0.1, -0.05) is 18.2 Å². The number of hydrogen-bond donors (Lipinski definition) is 3. The Bertz CT molecular complexity index is 352. The Balaban J connectivity index is 2.46. The van der Waals surface area contributed by atoms with Gasteiger partial charge in [0.15, 0.2) is 0 Å². The van der Waals surface area contributed by atoms with E-state index in [0.29, 0.717) is 13.1 Å². The second kappa shape index (κ2) is 6.12. The minimum atomic E-state index is -0.209. The van der Waals surface area contributed by atoms with E-state index in [-0.39, 0.29) is 11.9 Å². The van der Waals surface area contributed by atoms with Crippen molar-refractivity contribution in [2.24, 2.45) is 0 Å². The van der Waals surface area contributed by atoms with Crippen molar-refractivity contribution in [3.05, 3.63) is 29.8 Å². The van der Waals surface area contributed by atoms with Crippen molar-refractivity contribution in [3.63, 3.8) is 0 Å². The number of nitrogen functional groups attached to an aromatic ring is 1. The number of anilines is 1. The van der Waals surface area contributed by atoms with Gasteiger partial charge in [0.2, 0.25) is 5.91 Å². The van der Waals surface area contributed by atoms with Crippen LogP contribution in [0.1, 0.15) is 19.4 Å². The molecule has 1 rings (SSSR count). The van der Waals surface area contributed by atoms with Crippen LogP contribution in [0, 0.1) is 0 Å². The number of para-hydroxylation sites is 1. The molecule has 1 unspecified atom stereocenters. The van der Waals surface area contributed by atoms with Crippen molar-refractivity contribution in [2.45, 2.75) is 26.4 Å². The summed E-state index contributed by atoms with van der Waals surface area (Å²) in [5.41, 5.74) is 7.56. The van der Waals surface area contributed by atoms with Crippen LogP contribution in [0.25, 0.3) is 0 Å². The summed E-state index contributed by atoms with van der Waals surface area (Å²) in [6.45, 7) is 4.99. The lowest BCUT2D eigenvalue weighted by Crippen LogP contribution is -2.41. The molecule has 1 atom stereocenters. The number of hydrogen-bond acceptors (Lipinski definition) is 3. The third-order valence-electron chi connectivity index (χ3n) is 2.40. The highest BCUT2D eigenvalue weighted by Crippen LogP contribution is 2.09. The summed E-state index contributed by atoms with van der Waals surface area (Å²) < 4.78 is 0. The molecule has 88 valence electrons. The Labute approximate surface area is 96.2 Å². The number of nitrogens with two attached hydrogens (primary N) is 1. The zero-order valence-corrected chi connectivity index (χ0v) is 9.79. The Morgan fingerprint density at radius 1 is 1.44 bits per heavy atom. The van der Waals surface area contributed by atoms with Crippen molar-refractivity contribution in [1.29, 1.82) is 0 Å². The number of benzene rings is 1. The van der Waals surface area contributed by atoms with Crippen LogP contribution in [0.2, 0.25) is 0 Å². The van der Waals surface area contributed by atoms with Crippen LogP contribution in [0.15, 0.2) is 24.3 Å². The maximum absolute atomic E-state index is 11.4. The fraction of sp³-hybridized carbons (Fsp3) is 0.417. The predicted molar refractivity (Wildman–Crippen MR) is 65.8 cm³/mol. The topological polar surface area (TPSA) is 67.2 Å². The number of likely N-dealkylation sites (N-methyl/N-ethyl adjacent to an activating group) is 1. The van der Waals surface area contributed by atoms with Crippen LogP contribution in [0.5, 0.6) is 0 Å². The molecule has 1 aromatic carbocycles. The van der Waals surface area contributed by atoms with Gasteiger partial charge in [-0.25, -0.2) is 0 Å². The average Bonchev–Trinajstić information content (AvgIpc) is 2.28. The molecule has 4 heteroatoms. The highest BCUT2D eigenvalue weighted by molar-refractivity contribution is 5.81. The van der Waals surface area contributed by atoms with Crippen molar-refractivity contribution < 1.29 is 4.79 Å². The van der Waals surface area contributed by atoms with Crippen molar-refractivity contribution in [3.8, 4) is 0 Å². The zero-order chi connectivity index (χ0) is 12.0. The van der Waals surface area contributed by atoms with Gasteiger partial charge in [0, 0.05) is 18.8 Å². The average molecular weight is 221 g/mol. The second-order valence-electron chi connectivity index (χ2n) is 3.70. The number of rotatable bonds is 5. The Kier molecular flexibility index (Phi) is 4.79. The first kappa shape index (κ1) is 12.5. The van der Waals surface area contributed by atoms with E-state index >= 15 is 0 Å². The highest BCUT2D eigenvalue weighted by atomic mass is 16.2. The molecule has 4 N–H and O–H groups in total. The molecule has 1 amide bonds. The van der Waals surface area contributed by atoms with Crippen molar-refractivity contribution in [2.75, 3.05) is 12.3 Å². The van der Waals surface area contributed by atoms with Gasteiger partial charge < -0.3 is 16.4 Å². The van der Waals surface area contributed by atoms with E-state index in [1.54, 1.807) is 0 Å². The molecular weight excluding hydrogens is 202 g/mol. The van der Waals surface area contributed by atoms with Gasteiger partial charge in [0.25, 0.3) is 0 Å². The van der Waals surface area contributed by atoms with E-state index in [1.165, 1.54) is 0 Å². The molecule has 0 aliphatic carbocycles. The van der Waals surface area contributed by atoms with Crippen molar-refractivity contribution >= 4 is 11.6 Å². The zero-order valence-electron chi connectivity index (χ0n) is 9.79. The monoisotopic (exact) mass is 221 g/mol. The first-order valence-corrected chi connectivity index (χ1v) is 5.49. The smallest absolute Gasteiger partial charge is 0.236 e. The van der Waals surface area contributed by atoms with Crippen LogP contribution < -0.4 is 16.4 Å². The van der Waals surface area contributed by atoms with Gasteiger partial charge in [0.05, 0.1) is 6.04 Å². The van der Waals surface area contributed by atoms with E-state index < -0.39 is 0 Å². The Morgan fingerprint density at radius 3 is 2.75 bits per heavy atom. The summed E-state index contributed by atoms with van der Waals surface area (Å²) in [6, 6.07) is 7.43. The number of nitrogens with one attached hydrogen (secondary N) is 2. The van der Waals surface area contributed by atoms with Crippen LogP contribution >= 0.6 is 0 Å². The molecule has 0 saturated heterocycles. The normalized spacial score (nSPS) is 12.1. The number of amides is 1. The van der Waals surface area contributed by atoms with E-state index in [4.69, 9.17) is 5.73 Å². The molecule has 0 radical (unpaired) electrons. The van der Waals surface area contributed by atoms with Gasteiger partial charge in [-0.2, -0.15) is 0 Å². The number of carbonyl (C=O) groups is 1. The third-order valence-corrected chi connectivity index (χ3v) is 2.40. The summed E-state index contributed by atoms with van der Waals surface area (Å²) in [6.07, 6.45) is 0. The quantitative estimate of drug-likeness (QED) is 0.647. The molecule has 0 saturated carbocycles. The van der Waals surface area contributed by atoms with Gasteiger partial charge in [-0.05, 0) is 25.5 Å². The first-order chi connectivity index (χ1) is 7.65. The van der Waals surface area contributed by atoms with Gasteiger partial charge in [-0.3, -0.25) is 4.79 Å². The summed E-state index contributed by atoms with van der Waals surface area (Å²) in [4.78, 5) is 11.4. The number of carbonyl (C=O) groups excluding carboxylic acids is 1. The standard InChI is InChI=1S/C12H19N3O/c1-3-14-12(16)9(2)15-8-10-6-4-5-7-11(10)13/h4-7,9,15H,3,8,13H2,1-2H3,(H,14,16). The molecule has 0 spiro atoms. The Morgan fingerprint density at radius 2 is 2.12 bits per heavy atom. The molecule has 0 heterocycles. The molecule has 0 bridgehead atoms. The minimum absolute atomic E-state index is 0.0111. The fourth-order valence-corrected chi connectivity index (χ4v) is 1.38. The first-order valence-electron chi connectivity index (χ1n) is 5.49. The minimum Gasteiger partial charge on any atom is -0.398 e. The summed E-state index contributed by atoms with van der Waals surface area (Å²) >= 11 is 0. The summed E-state index contributed by atoms with van der Waals surface area (Å²) in [7, 11) is 0. The molecule has 16 heavy (non-hydrogen) atoms. The van der Waals surface area contributed by atoms with E-state index in [9.17, 15) is 4.79 Å². The van der Waals surface area contributed by atoms with Gasteiger partial charge in [-0.15, -0.1) is 0 Å².